The van der Waals surface area contributed by atoms with Gasteiger partial charge in [0.05, 0.1) is 6.04 Å². The Morgan fingerprint density at radius 3 is 3.44 bits per heavy atom. The van der Waals surface area contributed by atoms with Gasteiger partial charge in [0.15, 0.2) is 0 Å². The molecule has 0 spiro atoms. The largest absolute Gasteiger partial charge is 0.440 e. The smallest absolute Gasteiger partial charge is 0.408 e. The Labute approximate surface area is 52.7 Å². The zero-order valence-electron chi connectivity index (χ0n) is 4.83. The number of amides is 1. The Bertz CT molecular complexity index is 176. The van der Waals surface area contributed by atoms with Crippen molar-refractivity contribution in [1.29, 1.82) is 0 Å². The summed E-state index contributed by atoms with van der Waals surface area (Å²) >= 11 is 0. The predicted octanol–water partition coefficient (Wildman–Crippen LogP) is 0.423. The average molecular weight is 125 g/mol. The van der Waals surface area contributed by atoms with Gasteiger partial charge in [0.2, 0.25) is 0 Å². The van der Waals surface area contributed by atoms with Crippen LogP contribution < -0.4 is 5.32 Å². The first-order valence-electron chi connectivity index (χ1n) is 3.00. The number of carbonyl (C=O) groups excluding carboxylic acids is 1. The van der Waals surface area contributed by atoms with Crippen LogP contribution in [0.5, 0.6) is 0 Å². The van der Waals surface area contributed by atoms with Crippen LogP contribution in [0.25, 0.3) is 0 Å². The minimum absolute atomic E-state index is 0.0116. The number of alkyl carbamates (subject to hydrolysis) is 1. The summed E-state index contributed by atoms with van der Waals surface area (Å²) in [6.07, 6.45) is 4.58. The van der Waals surface area contributed by atoms with Crippen molar-refractivity contribution in [3.05, 3.63) is 12.2 Å². The fourth-order valence-electron chi connectivity index (χ4n) is 1.20. The van der Waals surface area contributed by atoms with E-state index in [0.717, 1.165) is 6.42 Å². The third-order valence-electron chi connectivity index (χ3n) is 1.66. The molecule has 0 saturated carbocycles. The molecule has 1 N–H and O–H groups in total. The highest BCUT2D eigenvalue weighted by molar-refractivity contribution is 5.71. The maximum absolute atomic E-state index is 10.5. The van der Waals surface area contributed by atoms with E-state index in [0.29, 0.717) is 0 Å². The van der Waals surface area contributed by atoms with E-state index >= 15 is 0 Å². The topological polar surface area (TPSA) is 38.3 Å². The van der Waals surface area contributed by atoms with Gasteiger partial charge in [-0.3, -0.25) is 0 Å². The molecule has 0 bridgehead atoms. The van der Waals surface area contributed by atoms with E-state index in [4.69, 9.17) is 4.74 Å². The second-order valence-electron chi connectivity index (χ2n) is 2.28. The zero-order valence-corrected chi connectivity index (χ0v) is 4.83. The van der Waals surface area contributed by atoms with Crippen LogP contribution in [-0.2, 0) is 4.74 Å². The van der Waals surface area contributed by atoms with Crippen LogP contribution in [-0.4, -0.2) is 18.2 Å². The number of nitrogens with one attached hydrogen (secondary N) is 1. The van der Waals surface area contributed by atoms with E-state index in [1.807, 2.05) is 12.2 Å². The average Bonchev–Trinajstić information content (AvgIpc) is 2.22. The van der Waals surface area contributed by atoms with Crippen LogP contribution in [0.1, 0.15) is 6.42 Å². The summed E-state index contributed by atoms with van der Waals surface area (Å²) in [6.45, 7) is 0. The molecule has 0 radical (unpaired) electrons. The van der Waals surface area contributed by atoms with Gasteiger partial charge in [0.1, 0.15) is 6.10 Å². The van der Waals surface area contributed by atoms with Gasteiger partial charge >= 0.3 is 6.09 Å². The van der Waals surface area contributed by atoms with Gasteiger partial charge in [-0.15, -0.1) is 0 Å². The van der Waals surface area contributed by atoms with Gasteiger partial charge in [-0.1, -0.05) is 6.08 Å². The fraction of sp³-hybridized carbons (Fsp3) is 0.500. The van der Waals surface area contributed by atoms with Crippen molar-refractivity contribution in [2.24, 2.45) is 0 Å². The third kappa shape index (κ3) is 0.608. The molecule has 0 aromatic heterocycles. The van der Waals surface area contributed by atoms with E-state index in [-0.39, 0.29) is 18.2 Å². The van der Waals surface area contributed by atoms with Gasteiger partial charge < -0.3 is 10.1 Å². The number of hydrogen-bond acceptors (Lipinski definition) is 2. The fourth-order valence-corrected chi connectivity index (χ4v) is 1.20. The standard InChI is InChI=1S/C6H7NO2/c8-6-7-4-2-1-3-5(4)9-6/h1,3-5H,2H2,(H,7,8)/t4-,5-/m0/s1. The van der Waals surface area contributed by atoms with Crippen molar-refractivity contribution in [1.82, 2.24) is 5.32 Å². The van der Waals surface area contributed by atoms with Crippen molar-refractivity contribution in [2.75, 3.05) is 0 Å². The van der Waals surface area contributed by atoms with Crippen molar-refractivity contribution < 1.29 is 9.53 Å². The molecule has 1 amide bonds. The lowest BCUT2D eigenvalue weighted by Crippen LogP contribution is -2.26. The molecule has 2 atom stereocenters. The van der Waals surface area contributed by atoms with Crippen LogP contribution in [0.3, 0.4) is 0 Å². The number of rotatable bonds is 0. The second-order valence-corrected chi connectivity index (χ2v) is 2.28. The molecule has 3 nitrogen and oxygen atoms in total. The van der Waals surface area contributed by atoms with Crippen molar-refractivity contribution in [3.8, 4) is 0 Å². The maximum atomic E-state index is 10.5. The van der Waals surface area contributed by atoms with Crippen LogP contribution >= 0.6 is 0 Å². The van der Waals surface area contributed by atoms with Crippen LogP contribution in [0.15, 0.2) is 12.2 Å². The van der Waals surface area contributed by atoms with E-state index in [2.05, 4.69) is 5.32 Å². The molecule has 9 heavy (non-hydrogen) atoms. The van der Waals surface area contributed by atoms with Crippen molar-refractivity contribution in [2.45, 2.75) is 18.6 Å². The SMILES string of the molecule is O=C1N[C@H]2CC=C[C@@H]2O1. The highest BCUT2D eigenvalue weighted by Crippen LogP contribution is 2.19. The Morgan fingerprint density at radius 1 is 1.78 bits per heavy atom. The Balaban J connectivity index is 2.17. The van der Waals surface area contributed by atoms with E-state index in [1.54, 1.807) is 0 Å². The highest BCUT2D eigenvalue weighted by Gasteiger charge is 2.33. The van der Waals surface area contributed by atoms with Crippen LogP contribution in [0.2, 0.25) is 0 Å². The Morgan fingerprint density at radius 2 is 2.67 bits per heavy atom. The molecule has 1 heterocycles. The Kier molecular flexibility index (Phi) is 0.806. The molecular formula is C6H7NO2. The molecule has 1 saturated heterocycles. The minimum atomic E-state index is -0.283. The highest BCUT2D eigenvalue weighted by atomic mass is 16.6. The van der Waals surface area contributed by atoms with Crippen molar-refractivity contribution >= 4 is 6.09 Å². The number of carbonyl (C=O) groups is 1. The summed E-state index contributed by atoms with van der Waals surface area (Å²) in [4.78, 5) is 10.5. The zero-order chi connectivity index (χ0) is 6.27. The summed E-state index contributed by atoms with van der Waals surface area (Å²) in [5.41, 5.74) is 0. The van der Waals surface area contributed by atoms with Gasteiger partial charge in [-0.05, 0) is 12.5 Å². The molecule has 1 fully saturated rings. The van der Waals surface area contributed by atoms with Gasteiger partial charge in [0.25, 0.3) is 0 Å². The molecule has 0 unspecified atom stereocenters. The Hall–Kier alpha value is -0.990. The summed E-state index contributed by atoms with van der Waals surface area (Å²) in [5, 5.41) is 2.69. The molecule has 0 aromatic carbocycles. The van der Waals surface area contributed by atoms with Gasteiger partial charge in [-0.25, -0.2) is 4.79 Å². The lowest BCUT2D eigenvalue weighted by Gasteiger charge is -2.01. The molecule has 0 aromatic rings. The summed E-state index contributed by atoms with van der Waals surface area (Å²) < 4.78 is 4.85. The number of ether oxygens (including phenoxy) is 1. The van der Waals surface area contributed by atoms with Crippen molar-refractivity contribution in [3.63, 3.8) is 0 Å². The first-order valence-corrected chi connectivity index (χ1v) is 3.00. The number of fused-ring (bicyclic) bond motifs is 1. The van der Waals surface area contributed by atoms with Crippen LogP contribution in [0.4, 0.5) is 4.79 Å². The predicted molar refractivity (Wildman–Crippen MR) is 30.9 cm³/mol. The van der Waals surface area contributed by atoms with Gasteiger partial charge in [0, 0.05) is 0 Å². The number of hydrogen-bond donors (Lipinski definition) is 1. The van der Waals surface area contributed by atoms with Crippen LogP contribution in [0, 0.1) is 0 Å². The van der Waals surface area contributed by atoms with E-state index in [1.165, 1.54) is 0 Å². The summed E-state index contributed by atoms with van der Waals surface area (Å²) in [6, 6.07) is 0.220. The molecule has 1 aliphatic heterocycles. The lowest BCUT2D eigenvalue weighted by molar-refractivity contribution is 0.155. The van der Waals surface area contributed by atoms with E-state index < -0.39 is 0 Å². The molecule has 48 valence electrons. The first-order chi connectivity index (χ1) is 4.36. The molecular weight excluding hydrogens is 118 g/mol. The molecule has 1 aliphatic carbocycles. The molecule has 2 aliphatic rings. The molecule has 3 heteroatoms. The van der Waals surface area contributed by atoms with Gasteiger partial charge in [-0.2, -0.15) is 0 Å². The quantitative estimate of drug-likeness (QED) is 0.476. The lowest BCUT2D eigenvalue weighted by atomic mass is 10.2. The van der Waals surface area contributed by atoms with E-state index in [9.17, 15) is 4.79 Å². The molecule has 2 rings (SSSR count). The third-order valence-corrected chi connectivity index (χ3v) is 1.66. The maximum Gasteiger partial charge on any atom is 0.408 e. The second kappa shape index (κ2) is 1.50. The summed E-state index contributed by atoms with van der Waals surface area (Å²) in [5.74, 6) is 0. The first kappa shape index (κ1) is 4.85. The summed E-state index contributed by atoms with van der Waals surface area (Å²) in [7, 11) is 0. The minimum Gasteiger partial charge on any atom is -0.440 e. The monoisotopic (exact) mass is 125 g/mol. The normalized spacial score (nSPS) is 38.0.